The van der Waals surface area contributed by atoms with Crippen LogP contribution in [0.5, 0.6) is 5.75 Å². The van der Waals surface area contributed by atoms with Crippen LogP contribution in [-0.2, 0) is 4.79 Å². The second-order valence-electron chi connectivity index (χ2n) is 4.24. The molecule has 1 heterocycles. The van der Waals surface area contributed by atoms with E-state index in [0.29, 0.717) is 11.4 Å². The summed E-state index contributed by atoms with van der Waals surface area (Å²) in [6.45, 7) is 0.0513. The minimum absolute atomic E-state index is 0.111. The predicted molar refractivity (Wildman–Crippen MR) is 78.6 cm³/mol. The first-order chi connectivity index (χ1) is 9.65. The highest BCUT2D eigenvalue weighted by atomic mass is 32.1. The Morgan fingerprint density at radius 3 is 3.00 bits per heavy atom. The zero-order chi connectivity index (χ0) is 14.4. The zero-order valence-electron chi connectivity index (χ0n) is 10.8. The molecule has 2 aromatic rings. The third-order valence-corrected chi connectivity index (χ3v) is 3.35. The van der Waals surface area contributed by atoms with Crippen molar-refractivity contribution in [3.05, 3.63) is 46.7 Å². The van der Waals surface area contributed by atoms with Crippen molar-refractivity contribution in [2.24, 2.45) is 0 Å². The molecular weight excluding hydrogens is 276 g/mol. The quantitative estimate of drug-likeness (QED) is 0.705. The number of hydrogen-bond donors (Lipinski definition) is 3. The van der Waals surface area contributed by atoms with E-state index in [0.717, 1.165) is 5.56 Å². The van der Waals surface area contributed by atoms with Gasteiger partial charge in [-0.3, -0.25) is 4.79 Å². The Hall–Kier alpha value is -2.05. The minimum atomic E-state index is -0.697. The monoisotopic (exact) mass is 292 g/mol. The molecule has 1 atom stereocenters. The number of thiophene rings is 1. The number of rotatable bonds is 6. The van der Waals surface area contributed by atoms with Crippen molar-refractivity contribution in [1.82, 2.24) is 5.32 Å². The van der Waals surface area contributed by atoms with Gasteiger partial charge in [0.1, 0.15) is 5.75 Å². The fourth-order valence-electron chi connectivity index (χ4n) is 1.60. The number of hydrogen-bond acceptors (Lipinski definition) is 5. The maximum absolute atomic E-state index is 11.6. The van der Waals surface area contributed by atoms with Gasteiger partial charge in [0.15, 0.2) is 6.61 Å². The summed E-state index contributed by atoms with van der Waals surface area (Å²) < 4.78 is 5.30. The highest BCUT2D eigenvalue weighted by Gasteiger charge is 2.10. The Bertz CT molecular complexity index is 557. The van der Waals surface area contributed by atoms with Crippen LogP contribution in [0.1, 0.15) is 11.7 Å². The number of carbonyl (C=O) groups excluding carboxylic acids is 1. The smallest absolute Gasteiger partial charge is 0.258 e. The fraction of sp³-hybridized carbons (Fsp3) is 0.214. The SMILES string of the molecule is Nc1cccc(OCC(=O)NCC(O)c2ccsc2)c1. The van der Waals surface area contributed by atoms with Crippen LogP contribution >= 0.6 is 11.3 Å². The van der Waals surface area contributed by atoms with Crippen LogP contribution in [0.3, 0.4) is 0 Å². The van der Waals surface area contributed by atoms with E-state index in [1.165, 1.54) is 11.3 Å². The van der Waals surface area contributed by atoms with Gasteiger partial charge in [-0.2, -0.15) is 11.3 Å². The van der Waals surface area contributed by atoms with E-state index in [2.05, 4.69) is 5.32 Å². The van der Waals surface area contributed by atoms with E-state index >= 15 is 0 Å². The molecule has 1 aromatic carbocycles. The molecule has 0 aliphatic carbocycles. The maximum atomic E-state index is 11.6. The van der Waals surface area contributed by atoms with Crippen molar-refractivity contribution in [3.63, 3.8) is 0 Å². The number of anilines is 1. The molecule has 4 N–H and O–H groups in total. The molecule has 6 heteroatoms. The zero-order valence-corrected chi connectivity index (χ0v) is 11.6. The van der Waals surface area contributed by atoms with Gasteiger partial charge in [0, 0.05) is 18.3 Å². The van der Waals surface area contributed by atoms with Crippen LogP contribution in [-0.4, -0.2) is 24.2 Å². The number of amides is 1. The Labute approximate surface area is 121 Å². The highest BCUT2D eigenvalue weighted by Crippen LogP contribution is 2.15. The molecule has 1 aromatic heterocycles. The lowest BCUT2D eigenvalue weighted by molar-refractivity contribution is -0.123. The second-order valence-corrected chi connectivity index (χ2v) is 5.02. The van der Waals surface area contributed by atoms with Gasteiger partial charge in [-0.25, -0.2) is 0 Å². The van der Waals surface area contributed by atoms with Crippen LogP contribution in [0.4, 0.5) is 5.69 Å². The molecular formula is C14H16N2O3S. The number of nitrogen functional groups attached to an aromatic ring is 1. The summed E-state index contributed by atoms with van der Waals surface area (Å²) in [5.41, 5.74) is 6.98. The standard InChI is InChI=1S/C14H16N2O3S/c15-11-2-1-3-12(6-11)19-8-14(18)16-7-13(17)10-4-5-20-9-10/h1-6,9,13,17H,7-8,15H2,(H,16,18). The molecule has 0 bridgehead atoms. The summed E-state index contributed by atoms with van der Waals surface area (Å²) in [6, 6.07) is 8.69. The predicted octanol–water partition coefficient (Wildman–Crippen LogP) is 1.56. The number of aliphatic hydroxyl groups excluding tert-OH is 1. The van der Waals surface area contributed by atoms with Gasteiger partial charge in [0.25, 0.3) is 5.91 Å². The fourth-order valence-corrected chi connectivity index (χ4v) is 2.30. The molecule has 1 unspecified atom stereocenters. The molecule has 5 nitrogen and oxygen atoms in total. The van der Waals surface area contributed by atoms with E-state index in [-0.39, 0.29) is 19.1 Å². The number of nitrogens with two attached hydrogens (primary N) is 1. The van der Waals surface area contributed by atoms with E-state index in [4.69, 9.17) is 10.5 Å². The Morgan fingerprint density at radius 1 is 1.45 bits per heavy atom. The summed E-state index contributed by atoms with van der Waals surface area (Å²) in [4.78, 5) is 11.6. The van der Waals surface area contributed by atoms with Crippen molar-refractivity contribution in [2.45, 2.75) is 6.10 Å². The lowest BCUT2D eigenvalue weighted by Crippen LogP contribution is -2.32. The molecule has 1 amide bonds. The number of carbonyl (C=O) groups is 1. The molecule has 0 spiro atoms. The summed E-state index contributed by atoms with van der Waals surface area (Å²) in [7, 11) is 0. The van der Waals surface area contributed by atoms with E-state index < -0.39 is 6.10 Å². The third kappa shape index (κ3) is 4.25. The van der Waals surface area contributed by atoms with Crippen molar-refractivity contribution >= 4 is 22.9 Å². The van der Waals surface area contributed by atoms with Crippen LogP contribution in [0, 0.1) is 0 Å². The van der Waals surface area contributed by atoms with Crippen molar-refractivity contribution in [2.75, 3.05) is 18.9 Å². The molecule has 0 saturated carbocycles. The highest BCUT2D eigenvalue weighted by molar-refractivity contribution is 7.07. The van der Waals surface area contributed by atoms with Gasteiger partial charge < -0.3 is 20.9 Å². The average Bonchev–Trinajstić information content (AvgIpc) is 2.97. The van der Waals surface area contributed by atoms with E-state index in [1.807, 2.05) is 16.8 Å². The van der Waals surface area contributed by atoms with Crippen molar-refractivity contribution in [1.29, 1.82) is 0 Å². The number of aliphatic hydroxyl groups is 1. The van der Waals surface area contributed by atoms with Crippen LogP contribution in [0.25, 0.3) is 0 Å². The third-order valence-electron chi connectivity index (χ3n) is 2.65. The van der Waals surface area contributed by atoms with Gasteiger partial charge in [-0.1, -0.05) is 6.07 Å². The molecule has 0 saturated heterocycles. The summed E-state index contributed by atoms with van der Waals surface area (Å²) in [6.07, 6.45) is -0.697. The summed E-state index contributed by atoms with van der Waals surface area (Å²) >= 11 is 1.50. The molecule has 106 valence electrons. The van der Waals surface area contributed by atoms with Gasteiger partial charge >= 0.3 is 0 Å². The number of ether oxygens (including phenoxy) is 1. The molecule has 0 aliphatic rings. The minimum Gasteiger partial charge on any atom is -0.484 e. The lowest BCUT2D eigenvalue weighted by atomic mass is 10.2. The summed E-state index contributed by atoms with van der Waals surface area (Å²) in [5.74, 6) is 0.250. The van der Waals surface area contributed by atoms with Crippen molar-refractivity contribution < 1.29 is 14.6 Å². The number of benzene rings is 1. The first-order valence-corrected chi connectivity index (χ1v) is 7.04. The Kier molecular flexibility index (Phi) is 4.97. The maximum Gasteiger partial charge on any atom is 0.258 e. The molecule has 0 radical (unpaired) electrons. The Morgan fingerprint density at radius 2 is 2.30 bits per heavy atom. The van der Waals surface area contributed by atoms with E-state index in [1.54, 1.807) is 24.3 Å². The average molecular weight is 292 g/mol. The topological polar surface area (TPSA) is 84.6 Å². The Balaban J connectivity index is 1.73. The second kappa shape index (κ2) is 6.93. The van der Waals surface area contributed by atoms with Gasteiger partial charge in [0.05, 0.1) is 6.10 Å². The molecule has 2 rings (SSSR count). The van der Waals surface area contributed by atoms with Gasteiger partial charge in [-0.15, -0.1) is 0 Å². The van der Waals surface area contributed by atoms with Gasteiger partial charge in [0.2, 0.25) is 0 Å². The van der Waals surface area contributed by atoms with Crippen molar-refractivity contribution in [3.8, 4) is 5.75 Å². The first-order valence-electron chi connectivity index (χ1n) is 6.10. The van der Waals surface area contributed by atoms with Crippen LogP contribution < -0.4 is 15.8 Å². The normalized spacial score (nSPS) is 11.8. The first kappa shape index (κ1) is 14.4. The number of nitrogens with one attached hydrogen (secondary N) is 1. The molecule has 0 aliphatic heterocycles. The van der Waals surface area contributed by atoms with Crippen LogP contribution in [0.15, 0.2) is 41.1 Å². The molecule has 20 heavy (non-hydrogen) atoms. The van der Waals surface area contributed by atoms with E-state index in [9.17, 15) is 9.90 Å². The van der Waals surface area contributed by atoms with Gasteiger partial charge in [-0.05, 0) is 34.5 Å². The van der Waals surface area contributed by atoms with Crippen LogP contribution in [0.2, 0.25) is 0 Å². The lowest BCUT2D eigenvalue weighted by Gasteiger charge is -2.11. The molecule has 0 fully saturated rings. The largest absolute Gasteiger partial charge is 0.484 e. The summed E-state index contributed by atoms with van der Waals surface area (Å²) in [5, 5.41) is 16.2.